The molecule has 0 saturated carbocycles. The molecule has 4 nitrogen and oxygen atoms in total. The summed E-state index contributed by atoms with van der Waals surface area (Å²) in [5.41, 5.74) is 4.99. The molecule has 4 heteroatoms. The molecule has 0 aliphatic carbocycles. The SMILES string of the molecule is CONCc1ccc(C2=NCCO2)cc1. The molecule has 80 valence electrons. The Bertz CT molecular complexity index is 346. The van der Waals surface area contributed by atoms with Crippen LogP contribution in [0.4, 0.5) is 0 Å². The van der Waals surface area contributed by atoms with Gasteiger partial charge in [0.2, 0.25) is 5.90 Å². The number of hydrogen-bond donors (Lipinski definition) is 1. The molecule has 0 atom stereocenters. The zero-order chi connectivity index (χ0) is 10.5. The summed E-state index contributed by atoms with van der Waals surface area (Å²) < 4.78 is 5.37. The molecule has 0 saturated heterocycles. The Kier molecular flexibility index (Phi) is 3.32. The largest absolute Gasteiger partial charge is 0.476 e. The normalized spacial score (nSPS) is 14.9. The fourth-order valence-corrected chi connectivity index (χ4v) is 1.43. The maximum absolute atomic E-state index is 5.37. The van der Waals surface area contributed by atoms with Crippen LogP contribution in [0.5, 0.6) is 0 Å². The van der Waals surface area contributed by atoms with Gasteiger partial charge in [0.25, 0.3) is 0 Å². The number of ether oxygens (including phenoxy) is 1. The number of hydrogen-bond acceptors (Lipinski definition) is 4. The van der Waals surface area contributed by atoms with Crippen molar-refractivity contribution in [1.29, 1.82) is 0 Å². The Morgan fingerprint density at radius 2 is 2.20 bits per heavy atom. The lowest BCUT2D eigenvalue weighted by molar-refractivity contribution is 0.0867. The highest BCUT2D eigenvalue weighted by atomic mass is 16.6. The molecule has 0 fully saturated rings. The van der Waals surface area contributed by atoms with Crippen LogP contribution < -0.4 is 5.48 Å². The fraction of sp³-hybridized carbons (Fsp3) is 0.364. The van der Waals surface area contributed by atoms with Crippen molar-refractivity contribution in [3.8, 4) is 0 Å². The van der Waals surface area contributed by atoms with Gasteiger partial charge in [-0.05, 0) is 17.7 Å². The van der Waals surface area contributed by atoms with Gasteiger partial charge in [0.15, 0.2) is 0 Å². The summed E-state index contributed by atoms with van der Waals surface area (Å²) in [4.78, 5) is 9.03. The summed E-state index contributed by atoms with van der Waals surface area (Å²) in [6.45, 7) is 2.16. The van der Waals surface area contributed by atoms with Gasteiger partial charge in [0.1, 0.15) is 6.61 Å². The quantitative estimate of drug-likeness (QED) is 0.750. The van der Waals surface area contributed by atoms with E-state index in [9.17, 15) is 0 Å². The Morgan fingerprint density at radius 1 is 1.40 bits per heavy atom. The number of rotatable bonds is 4. The van der Waals surface area contributed by atoms with Crippen molar-refractivity contribution in [3.05, 3.63) is 35.4 Å². The average Bonchev–Trinajstić information content (AvgIpc) is 2.80. The Labute approximate surface area is 88.9 Å². The van der Waals surface area contributed by atoms with Crippen molar-refractivity contribution < 1.29 is 9.57 Å². The minimum Gasteiger partial charge on any atom is -0.476 e. The maximum Gasteiger partial charge on any atom is 0.216 e. The lowest BCUT2D eigenvalue weighted by Crippen LogP contribution is -2.10. The summed E-state index contributed by atoms with van der Waals surface area (Å²) in [6.07, 6.45) is 0. The second-order valence-corrected chi connectivity index (χ2v) is 3.26. The van der Waals surface area contributed by atoms with E-state index in [4.69, 9.17) is 9.57 Å². The smallest absolute Gasteiger partial charge is 0.216 e. The van der Waals surface area contributed by atoms with Crippen molar-refractivity contribution in [3.63, 3.8) is 0 Å². The number of aliphatic imine (C=N–C) groups is 1. The first-order chi connectivity index (χ1) is 7.40. The van der Waals surface area contributed by atoms with E-state index in [-0.39, 0.29) is 0 Å². The highest BCUT2D eigenvalue weighted by molar-refractivity contribution is 5.94. The molecule has 1 aliphatic heterocycles. The maximum atomic E-state index is 5.37. The molecule has 0 bridgehead atoms. The fourth-order valence-electron chi connectivity index (χ4n) is 1.43. The number of benzene rings is 1. The van der Waals surface area contributed by atoms with E-state index < -0.39 is 0 Å². The monoisotopic (exact) mass is 206 g/mol. The molecule has 1 N–H and O–H groups in total. The van der Waals surface area contributed by atoms with Gasteiger partial charge in [-0.15, -0.1) is 0 Å². The van der Waals surface area contributed by atoms with Gasteiger partial charge >= 0.3 is 0 Å². The van der Waals surface area contributed by atoms with Crippen molar-refractivity contribution in [1.82, 2.24) is 5.48 Å². The number of nitrogens with zero attached hydrogens (tertiary/aromatic N) is 1. The van der Waals surface area contributed by atoms with Gasteiger partial charge in [0, 0.05) is 12.1 Å². The topological polar surface area (TPSA) is 42.8 Å². The minimum absolute atomic E-state index is 0.697. The molecule has 0 amide bonds. The summed E-state index contributed by atoms with van der Waals surface area (Å²) in [7, 11) is 1.61. The molecule has 1 heterocycles. The minimum atomic E-state index is 0.697. The molecule has 0 spiro atoms. The lowest BCUT2D eigenvalue weighted by atomic mass is 10.1. The van der Waals surface area contributed by atoms with Gasteiger partial charge in [-0.2, -0.15) is 5.48 Å². The molecule has 0 aromatic heterocycles. The molecule has 1 aromatic rings. The van der Waals surface area contributed by atoms with Gasteiger partial charge in [-0.25, -0.2) is 4.99 Å². The third-order valence-corrected chi connectivity index (χ3v) is 2.21. The van der Waals surface area contributed by atoms with Gasteiger partial charge in [-0.3, -0.25) is 0 Å². The standard InChI is InChI=1S/C11H14N2O2/c1-14-13-8-9-2-4-10(5-3-9)11-12-6-7-15-11/h2-5,13H,6-8H2,1H3. The average molecular weight is 206 g/mol. The van der Waals surface area contributed by atoms with Crippen molar-refractivity contribution in [2.75, 3.05) is 20.3 Å². The molecular weight excluding hydrogens is 192 g/mol. The highest BCUT2D eigenvalue weighted by Crippen LogP contribution is 2.09. The van der Waals surface area contributed by atoms with Crippen LogP contribution >= 0.6 is 0 Å². The lowest BCUT2D eigenvalue weighted by Gasteiger charge is -2.04. The van der Waals surface area contributed by atoms with E-state index in [1.54, 1.807) is 7.11 Å². The molecule has 0 unspecified atom stereocenters. The van der Waals surface area contributed by atoms with Gasteiger partial charge < -0.3 is 9.57 Å². The van der Waals surface area contributed by atoms with Crippen LogP contribution in [0, 0.1) is 0 Å². The predicted molar refractivity (Wildman–Crippen MR) is 57.6 cm³/mol. The third-order valence-electron chi connectivity index (χ3n) is 2.21. The number of hydroxylamine groups is 1. The Hall–Kier alpha value is -1.39. The molecule has 15 heavy (non-hydrogen) atoms. The van der Waals surface area contributed by atoms with E-state index in [1.807, 2.05) is 24.3 Å². The highest BCUT2D eigenvalue weighted by Gasteiger charge is 2.09. The van der Waals surface area contributed by atoms with Crippen LogP contribution in [0.2, 0.25) is 0 Å². The van der Waals surface area contributed by atoms with Crippen LogP contribution in [0.3, 0.4) is 0 Å². The van der Waals surface area contributed by atoms with Crippen molar-refractivity contribution >= 4 is 5.90 Å². The molecule has 0 radical (unpaired) electrons. The zero-order valence-electron chi connectivity index (χ0n) is 8.69. The van der Waals surface area contributed by atoms with Gasteiger partial charge in [0.05, 0.1) is 13.7 Å². The first-order valence-corrected chi connectivity index (χ1v) is 4.92. The Balaban J connectivity index is 2.03. The van der Waals surface area contributed by atoms with Gasteiger partial charge in [-0.1, -0.05) is 12.1 Å². The summed E-state index contributed by atoms with van der Waals surface area (Å²) >= 11 is 0. The summed E-state index contributed by atoms with van der Waals surface area (Å²) in [6, 6.07) is 8.09. The number of nitrogens with one attached hydrogen (secondary N) is 1. The second kappa shape index (κ2) is 4.91. The van der Waals surface area contributed by atoms with E-state index in [1.165, 1.54) is 5.56 Å². The van der Waals surface area contributed by atoms with Crippen LogP contribution in [-0.4, -0.2) is 26.2 Å². The van der Waals surface area contributed by atoms with Crippen LogP contribution in [0.15, 0.2) is 29.3 Å². The first kappa shape index (κ1) is 10.1. The van der Waals surface area contributed by atoms with E-state index in [0.29, 0.717) is 13.2 Å². The van der Waals surface area contributed by atoms with Crippen LogP contribution in [0.25, 0.3) is 0 Å². The van der Waals surface area contributed by atoms with Crippen molar-refractivity contribution in [2.24, 2.45) is 4.99 Å². The van der Waals surface area contributed by atoms with Crippen molar-refractivity contribution in [2.45, 2.75) is 6.54 Å². The first-order valence-electron chi connectivity index (χ1n) is 4.92. The molecule has 2 rings (SSSR count). The molecule has 1 aromatic carbocycles. The Morgan fingerprint density at radius 3 is 2.80 bits per heavy atom. The third kappa shape index (κ3) is 2.55. The van der Waals surface area contributed by atoms with Crippen LogP contribution in [0.1, 0.15) is 11.1 Å². The zero-order valence-corrected chi connectivity index (χ0v) is 8.69. The summed E-state index contributed by atoms with van der Waals surface area (Å²) in [5.74, 6) is 0.751. The van der Waals surface area contributed by atoms with E-state index in [2.05, 4.69) is 10.5 Å². The predicted octanol–water partition coefficient (Wildman–Crippen LogP) is 1.11. The van der Waals surface area contributed by atoms with E-state index >= 15 is 0 Å². The molecular formula is C11H14N2O2. The molecule has 1 aliphatic rings. The van der Waals surface area contributed by atoms with Crippen LogP contribution in [-0.2, 0) is 16.1 Å². The second-order valence-electron chi connectivity index (χ2n) is 3.26. The van der Waals surface area contributed by atoms with E-state index in [0.717, 1.165) is 18.0 Å². The summed E-state index contributed by atoms with van der Waals surface area (Å²) in [5, 5.41) is 0.